The average Bonchev–Trinajstić information content (AvgIpc) is 3.32. The molecule has 1 aromatic carbocycles. The van der Waals surface area contributed by atoms with Gasteiger partial charge in [0.2, 0.25) is 0 Å². The predicted octanol–water partition coefficient (Wildman–Crippen LogP) is 3.67. The second kappa shape index (κ2) is 8.82. The summed E-state index contributed by atoms with van der Waals surface area (Å²) in [6, 6.07) is 5.74. The molecule has 1 aromatic heterocycles. The summed E-state index contributed by atoms with van der Waals surface area (Å²) in [4.78, 5) is 14.6. The highest BCUT2D eigenvalue weighted by Crippen LogP contribution is 2.31. The molecule has 1 amide bonds. The van der Waals surface area contributed by atoms with E-state index in [1.807, 2.05) is 16.9 Å². The second-order valence-corrected chi connectivity index (χ2v) is 8.16. The Morgan fingerprint density at radius 1 is 1.34 bits per heavy atom. The summed E-state index contributed by atoms with van der Waals surface area (Å²) in [6.07, 6.45) is -2.77. The lowest BCUT2D eigenvalue weighted by Gasteiger charge is -2.23. The molecule has 0 N–H and O–H groups in total. The Hall–Kier alpha value is -3.06. The molecular formula is C22H23F3N4O3. The number of benzene rings is 1. The lowest BCUT2D eigenvalue weighted by Crippen LogP contribution is -2.32. The molecule has 0 radical (unpaired) electrons. The maximum atomic E-state index is 13.1. The summed E-state index contributed by atoms with van der Waals surface area (Å²) in [5.74, 6) is -0.195. The minimum atomic E-state index is -4.58. The van der Waals surface area contributed by atoms with Crippen molar-refractivity contribution in [2.45, 2.75) is 51.7 Å². The van der Waals surface area contributed by atoms with Crippen LogP contribution in [0.1, 0.15) is 46.9 Å². The maximum Gasteiger partial charge on any atom is 0.425 e. The first-order chi connectivity index (χ1) is 15.2. The molecule has 2 aromatic rings. The molecule has 32 heavy (non-hydrogen) atoms. The van der Waals surface area contributed by atoms with Crippen molar-refractivity contribution in [3.8, 4) is 11.8 Å². The quantitative estimate of drug-likeness (QED) is 0.697. The van der Waals surface area contributed by atoms with E-state index in [1.165, 1.54) is 23.1 Å². The molecule has 7 nitrogen and oxygen atoms in total. The van der Waals surface area contributed by atoms with E-state index in [-0.39, 0.29) is 23.4 Å². The van der Waals surface area contributed by atoms with Crippen molar-refractivity contribution in [3.63, 3.8) is 0 Å². The summed E-state index contributed by atoms with van der Waals surface area (Å²) < 4.78 is 51.2. The second-order valence-electron chi connectivity index (χ2n) is 8.16. The summed E-state index contributed by atoms with van der Waals surface area (Å²) in [5, 5.41) is 13.8. The summed E-state index contributed by atoms with van der Waals surface area (Å²) in [7, 11) is 0. The van der Waals surface area contributed by atoms with Gasteiger partial charge in [0.1, 0.15) is 5.75 Å². The highest BCUT2D eigenvalue weighted by Gasteiger charge is 2.39. The number of hydrogen-bond donors (Lipinski definition) is 0. The van der Waals surface area contributed by atoms with Gasteiger partial charge in [0.25, 0.3) is 5.91 Å². The SMILES string of the molecule is C[C@H](Oc1ccc(C#N)cc1C(=O)N1Cc2cn(CC3CCOCC3)nc2C1)C(F)(F)F. The molecule has 0 spiro atoms. The van der Waals surface area contributed by atoms with E-state index in [1.54, 1.807) is 0 Å². The number of carbonyl (C=O) groups is 1. The van der Waals surface area contributed by atoms with E-state index in [4.69, 9.17) is 14.7 Å². The summed E-state index contributed by atoms with van der Waals surface area (Å²) in [5.41, 5.74) is 1.78. The molecule has 2 aliphatic rings. The van der Waals surface area contributed by atoms with Crippen LogP contribution in [0.3, 0.4) is 0 Å². The van der Waals surface area contributed by atoms with Crippen molar-refractivity contribution in [2.24, 2.45) is 5.92 Å². The average molecular weight is 448 g/mol. The zero-order valence-electron chi connectivity index (χ0n) is 17.6. The number of hydrogen-bond acceptors (Lipinski definition) is 5. The first-order valence-corrected chi connectivity index (χ1v) is 10.4. The third-order valence-corrected chi connectivity index (χ3v) is 5.80. The number of alkyl halides is 3. The maximum absolute atomic E-state index is 13.1. The number of carbonyl (C=O) groups excluding carboxylic acids is 1. The minimum Gasteiger partial charge on any atom is -0.480 e. The molecule has 1 atom stereocenters. The van der Waals surface area contributed by atoms with E-state index in [0.717, 1.165) is 50.8 Å². The van der Waals surface area contributed by atoms with Gasteiger partial charge in [0, 0.05) is 38.1 Å². The van der Waals surface area contributed by atoms with Crippen molar-refractivity contribution in [3.05, 3.63) is 46.8 Å². The molecule has 170 valence electrons. The molecule has 2 aliphatic heterocycles. The first-order valence-electron chi connectivity index (χ1n) is 10.4. The molecule has 10 heteroatoms. The fourth-order valence-electron chi connectivity index (χ4n) is 3.94. The zero-order valence-corrected chi connectivity index (χ0v) is 17.6. The van der Waals surface area contributed by atoms with Gasteiger partial charge in [-0.05, 0) is 43.9 Å². The molecule has 1 fully saturated rings. The van der Waals surface area contributed by atoms with Gasteiger partial charge in [-0.3, -0.25) is 9.48 Å². The summed E-state index contributed by atoms with van der Waals surface area (Å²) in [6.45, 7) is 3.73. The van der Waals surface area contributed by atoms with Gasteiger partial charge in [-0.1, -0.05) is 0 Å². The van der Waals surface area contributed by atoms with Crippen LogP contribution in [0.25, 0.3) is 0 Å². The highest BCUT2D eigenvalue weighted by molar-refractivity contribution is 5.97. The number of amides is 1. The molecule has 4 rings (SSSR count). The Balaban J connectivity index is 1.48. The lowest BCUT2D eigenvalue weighted by molar-refractivity contribution is -0.189. The van der Waals surface area contributed by atoms with Crippen molar-refractivity contribution in [2.75, 3.05) is 13.2 Å². The third-order valence-electron chi connectivity index (χ3n) is 5.80. The first kappa shape index (κ1) is 22.1. The van der Waals surface area contributed by atoms with Gasteiger partial charge in [-0.25, -0.2) is 0 Å². The lowest BCUT2D eigenvalue weighted by atomic mass is 10.0. The van der Waals surface area contributed by atoms with Crippen LogP contribution in [-0.2, 0) is 24.4 Å². The van der Waals surface area contributed by atoms with Crippen LogP contribution in [0.2, 0.25) is 0 Å². The van der Waals surface area contributed by atoms with E-state index >= 15 is 0 Å². The molecular weight excluding hydrogens is 425 g/mol. The highest BCUT2D eigenvalue weighted by atomic mass is 19.4. The van der Waals surface area contributed by atoms with Crippen molar-refractivity contribution in [1.82, 2.24) is 14.7 Å². The number of nitriles is 1. The summed E-state index contributed by atoms with van der Waals surface area (Å²) >= 11 is 0. The van der Waals surface area contributed by atoms with Gasteiger partial charge < -0.3 is 14.4 Å². The van der Waals surface area contributed by atoms with Gasteiger partial charge >= 0.3 is 6.18 Å². The molecule has 0 saturated carbocycles. The van der Waals surface area contributed by atoms with Crippen LogP contribution >= 0.6 is 0 Å². The number of nitrogens with zero attached hydrogens (tertiary/aromatic N) is 4. The van der Waals surface area contributed by atoms with Gasteiger partial charge in [0.15, 0.2) is 6.10 Å². The van der Waals surface area contributed by atoms with Crippen molar-refractivity contribution >= 4 is 5.91 Å². The number of aromatic nitrogens is 2. The smallest absolute Gasteiger partial charge is 0.425 e. The van der Waals surface area contributed by atoms with Crippen LogP contribution in [-0.4, -0.2) is 46.1 Å². The molecule has 1 saturated heterocycles. The Morgan fingerprint density at radius 3 is 2.75 bits per heavy atom. The number of rotatable bonds is 5. The molecule has 0 unspecified atom stereocenters. The van der Waals surface area contributed by atoms with Gasteiger partial charge in [0.05, 0.1) is 29.4 Å². The standard InChI is InChI=1S/C22H23F3N4O3/c1-14(22(23,24)25)32-20-3-2-16(9-26)8-18(20)21(30)28-11-17-12-29(27-19(17)13-28)10-15-4-6-31-7-5-15/h2-3,8,12,14-15H,4-7,10-11,13H2,1H3/t14-/m0/s1. The number of halogens is 3. The van der Waals surface area contributed by atoms with Gasteiger partial charge in [-0.2, -0.15) is 23.5 Å². The molecule has 3 heterocycles. The van der Waals surface area contributed by atoms with Gasteiger partial charge in [-0.15, -0.1) is 0 Å². The van der Waals surface area contributed by atoms with E-state index < -0.39 is 18.2 Å². The predicted molar refractivity (Wildman–Crippen MR) is 107 cm³/mol. The minimum absolute atomic E-state index is 0.0691. The Bertz CT molecular complexity index is 1010. The monoisotopic (exact) mass is 448 g/mol. The van der Waals surface area contributed by atoms with Crippen molar-refractivity contribution in [1.29, 1.82) is 5.26 Å². The fourth-order valence-corrected chi connectivity index (χ4v) is 3.94. The van der Waals surface area contributed by atoms with Crippen LogP contribution < -0.4 is 4.74 Å². The van der Waals surface area contributed by atoms with Crippen LogP contribution in [0.4, 0.5) is 13.2 Å². The third kappa shape index (κ3) is 4.72. The largest absolute Gasteiger partial charge is 0.480 e. The van der Waals surface area contributed by atoms with Crippen LogP contribution in [0.15, 0.2) is 24.4 Å². The molecule has 0 aliphatic carbocycles. The number of fused-ring (bicyclic) bond motifs is 1. The Morgan fingerprint density at radius 2 is 2.09 bits per heavy atom. The van der Waals surface area contributed by atoms with E-state index in [2.05, 4.69) is 5.10 Å². The van der Waals surface area contributed by atoms with Crippen LogP contribution in [0.5, 0.6) is 5.75 Å². The Labute approximate surface area is 183 Å². The zero-order chi connectivity index (χ0) is 22.9. The van der Waals surface area contributed by atoms with E-state index in [0.29, 0.717) is 12.5 Å². The fraction of sp³-hybridized carbons (Fsp3) is 0.500. The van der Waals surface area contributed by atoms with E-state index in [9.17, 15) is 18.0 Å². The topological polar surface area (TPSA) is 80.4 Å². The Kier molecular flexibility index (Phi) is 6.11. The van der Waals surface area contributed by atoms with Crippen LogP contribution in [0, 0.1) is 17.2 Å². The number of ether oxygens (including phenoxy) is 2. The molecule has 0 bridgehead atoms. The normalized spacial score (nSPS) is 17.7. The van der Waals surface area contributed by atoms with Crippen molar-refractivity contribution < 1.29 is 27.4 Å².